The number of hydrogen-bond acceptors (Lipinski definition) is 7. The number of Topliss-reactive ketones (excluding diaryl/α,β-unsaturated/α-hetero) is 1. The van der Waals surface area contributed by atoms with Gasteiger partial charge >= 0.3 is 5.69 Å². The van der Waals surface area contributed by atoms with E-state index in [-0.39, 0.29) is 37.1 Å². The molecular formula is C26H29N7O3. The second kappa shape index (κ2) is 10.5. The lowest BCUT2D eigenvalue weighted by Gasteiger charge is -2.25. The van der Waals surface area contributed by atoms with Crippen molar-refractivity contribution in [3.63, 3.8) is 0 Å². The fourth-order valence-corrected chi connectivity index (χ4v) is 4.12. The van der Waals surface area contributed by atoms with Crippen LogP contribution in [0.1, 0.15) is 41.4 Å². The highest BCUT2D eigenvalue weighted by atomic mass is 16.2. The van der Waals surface area contributed by atoms with Crippen LogP contribution < -0.4 is 17.0 Å². The minimum Gasteiger partial charge on any atom is -0.384 e. The number of hydrogen-bond donors (Lipinski definition) is 1. The molecule has 10 nitrogen and oxygen atoms in total. The van der Waals surface area contributed by atoms with E-state index in [1.807, 2.05) is 73.5 Å². The maximum Gasteiger partial charge on any atom is 0.332 e. The number of anilines is 1. The molecule has 4 rings (SSSR count). The van der Waals surface area contributed by atoms with E-state index in [9.17, 15) is 14.4 Å². The third-order valence-electron chi connectivity index (χ3n) is 6.36. The maximum atomic E-state index is 13.4. The Labute approximate surface area is 208 Å². The fraction of sp³-hybridized carbons (Fsp3) is 0.269. The molecule has 2 N–H and O–H groups in total. The van der Waals surface area contributed by atoms with Gasteiger partial charge in [0.25, 0.3) is 5.56 Å². The van der Waals surface area contributed by atoms with Gasteiger partial charge in [-0.1, -0.05) is 42.5 Å². The highest BCUT2D eigenvalue weighted by molar-refractivity contribution is 6.01. The van der Waals surface area contributed by atoms with Gasteiger partial charge in [0.1, 0.15) is 24.0 Å². The molecule has 0 bridgehead atoms. The number of benzene rings is 2. The van der Waals surface area contributed by atoms with Gasteiger partial charge in [-0.05, 0) is 44.2 Å². The smallest absolute Gasteiger partial charge is 0.332 e. The first-order chi connectivity index (χ1) is 17.3. The summed E-state index contributed by atoms with van der Waals surface area (Å²) in [4.78, 5) is 45.2. The van der Waals surface area contributed by atoms with E-state index in [0.717, 1.165) is 21.4 Å². The third kappa shape index (κ3) is 4.89. The predicted molar refractivity (Wildman–Crippen MR) is 137 cm³/mol. The first kappa shape index (κ1) is 24.8. The Morgan fingerprint density at radius 2 is 1.75 bits per heavy atom. The van der Waals surface area contributed by atoms with Crippen LogP contribution in [0.4, 0.5) is 5.82 Å². The second-order valence-corrected chi connectivity index (χ2v) is 8.61. The van der Waals surface area contributed by atoms with E-state index in [0.29, 0.717) is 0 Å². The van der Waals surface area contributed by atoms with Gasteiger partial charge in [-0.3, -0.25) is 23.6 Å². The van der Waals surface area contributed by atoms with Crippen LogP contribution in [-0.2, 0) is 13.1 Å². The third-order valence-corrected chi connectivity index (χ3v) is 6.36. The predicted octanol–water partition coefficient (Wildman–Crippen LogP) is 2.12. The van der Waals surface area contributed by atoms with Gasteiger partial charge in [-0.2, -0.15) is 5.10 Å². The normalized spacial score (nSPS) is 12.1. The number of nitrogen functional groups attached to an aromatic ring is 1. The number of aromatic nitrogens is 5. The van der Waals surface area contributed by atoms with Gasteiger partial charge in [-0.15, -0.1) is 0 Å². The van der Waals surface area contributed by atoms with E-state index in [1.54, 1.807) is 17.9 Å². The number of rotatable bonds is 9. The van der Waals surface area contributed by atoms with Crippen molar-refractivity contribution in [1.29, 1.82) is 0 Å². The highest BCUT2D eigenvalue weighted by Gasteiger charge is 2.25. The summed E-state index contributed by atoms with van der Waals surface area (Å²) in [5, 5.41) is 4.12. The Bertz CT molecular complexity index is 1460. The monoisotopic (exact) mass is 487 g/mol. The Morgan fingerprint density at radius 1 is 1.06 bits per heavy atom. The fourth-order valence-electron chi connectivity index (χ4n) is 4.12. The Balaban J connectivity index is 1.59. The Kier molecular flexibility index (Phi) is 7.25. The summed E-state index contributed by atoms with van der Waals surface area (Å²) >= 11 is 0. The van der Waals surface area contributed by atoms with E-state index < -0.39 is 17.0 Å². The van der Waals surface area contributed by atoms with Crippen molar-refractivity contribution in [3.05, 3.63) is 105 Å². The molecule has 0 aliphatic carbocycles. The zero-order valence-corrected chi connectivity index (χ0v) is 20.5. The molecular weight excluding hydrogens is 458 g/mol. The lowest BCUT2D eigenvalue weighted by Crippen LogP contribution is -2.45. The van der Waals surface area contributed by atoms with Crippen LogP contribution in [-0.4, -0.2) is 48.2 Å². The van der Waals surface area contributed by atoms with Crippen LogP contribution in [0.2, 0.25) is 0 Å². The van der Waals surface area contributed by atoms with Gasteiger partial charge < -0.3 is 5.73 Å². The van der Waals surface area contributed by atoms with Crippen LogP contribution in [0.15, 0.2) is 76.8 Å². The van der Waals surface area contributed by atoms with Gasteiger partial charge in [-0.25, -0.2) is 14.5 Å². The van der Waals surface area contributed by atoms with Crippen molar-refractivity contribution < 1.29 is 4.79 Å². The molecule has 1 atom stereocenters. The first-order valence-electron chi connectivity index (χ1n) is 11.7. The topological polar surface area (TPSA) is 121 Å². The van der Waals surface area contributed by atoms with E-state index in [1.165, 1.54) is 10.9 Å². The van der Waals surface area contributed by atoms with Crippen LogP contribution in [0.5, 0.6) is 0 Å². The van der Waals surface area contributed by atoms with E-state index in [4.69, 9.17) is 5.73 Å². The SMILES string of the molecule is CCn1c(=O)c(C(=O)CN(C)C(C)c2ccc(-n3cncn3)cc2)c(N)n(Cc2ccccc2)c1=O. The van der Waals surface area contributed by atoms with Crippen molar-refractivity contribution in [2.75, 3.05) is 19.3 Å². The van der Waals surface area contributed by atoms with Crippen LogP contribution in [0.25, 0.3) is 5.69 Å². The number of nitrogens with two attached hydrogens (primary N) is 1. The second-order valence-electron chi connectivity index (χ2n) is 8.61. The number of likely N-dealkylation sites (N-methyl/N-ethyl adjacent to an activating group) is 1. The molecule has 2 aromatic carbocycles. The molecule has 0 saturated carbocycles. The zero-order valence-electron chi connectivity index (χ0n) is 20.5. The minimum atomic E-state index is -0.660. The van der Waals surface area contributed by atoms with Gasteiger partial charge in [0, 0.05) is 12.6 Å². The van der Waals surface area contributed by atoms with E-state index in [2.05, 4.69) is 10.1 Å². The maximum absolute atomic E-state index is 13.4. The number of nitrogens with zero attached hydrogens (tertiary/aromatic N) is 6. The molecule has 0 aliphatic rings. The molecule has 0 saturated heterocycles. The Hall–Kier alpha value is -4.31. The van der Waals surface area contributed by atoms with E-state index >= 15 is 0 Å². The molecule has 1 unspecified atom stereocenters. The molecule has 36 heavy (non-hydrogen) atoms. The van der Waals surface area contributed by atoms with Crippen molar-refractivity contribution in [2.45, 2.75) is 33.0 Å². The molecule has 10 heteroatoms. The standard InChI is InChI=1S/C26H29N7O3/c1-4-31-25(35)23(24(27)32(26(31)36)14-19-8-6-5-7-9-19)22(34)15-30(3)18(2)20-10-12-21(13-11-20)33-17-28-16-29-33/h5-13,16-18H,4,14-15,27H2,1-3H3. The summed E-state index contributed by atoms with van der Waals surface area (Å²) in [6, 6.07) is 16.9. The van der Waals surface area contributed by atoms with Crippen molar-refractivity contribution in [1.82, 2.24) is 28.8 Å². The molecule has 0 spiro atoms. The van der Waals surface area contributed by atoms with Crippen molar-refractivity contribution in [2.24, 2.45) is 0 Å². The molecule has 4 aromatic rings. The summed E-state index contributed by atoms with van der Waals surface area (Å²) in [5.41, 5.74) is 7.63. The molecule has 0 radical (unpaired) electrons. The first-order valence-corrected chi connectivity index (χ1v) is 11.7. The minimum absolute atomic E-state index is 0.0430. The molecule has 0 amide bonds. The molecule has 0 aliphatic heterocycles. The van der Waals surface area contributed by atoms with Gasteiger partial charge in [0.15, 0.2) is 5.78 Å². The summed E-state index contributed by atoms with van der Waals surface area (Å²) < 4.78 is 4.01. The Morgan fingerprint density at radius 3 is 2.36 bits per heavy atom. The summed E-state index contributed by atoms with van der Waals surface area (Å²) in [7, 11) is 1.81. The average molecular weight is 488 g/mol. The van der Waals surface area contributed by atoms with Gasteiger partial charge in [0.05, 0.1) is 18.8 Å². The number of ketones is 1. The van der Waals surface area contributed by atoms with Crippen molar-refractivity contribution in [3.8, 4) is 5.69 Å². The lowest BCUT2D eigenvalue weighted by molar-refractivity contribution is 0.0922. The molecule has 186 valence electrons. The number of carbonyl (C=O) groups excluding carboxylic acids is 1. The highest BCUT2D eigenvalue weighted by Crippen LogP contribution is 2.21. The average Bonchev–Trinajstić information content (AvgIpc) is 3.42. The van der Waals surface area contributed by atoms with Crippen LogP contribution >= 0.6 is 0 Å². The summed E-state index contributed by atoms with van der Waals surface area (Å²) in [6.45, 7) is 3.92. The quantitative estimate of drug-likeness (QED) is 0.359. The summed E-state index contributed by atoms with van der Waals surface area (Å²) in [5.74, 6) is -0.545. The molecule has 2 aromatic heterocycles. The van der Waals surface area contributed by atoms with Crippen LogP contribution in [0.3, 0.4) is 0 Å². The van der Waals surface area contributed by atoms with Gasteiger partial charge in [0.2, 0.25) is 0 Å². The summed E-state index contributed by atoms with van der Waals surface area (Å²) in [6.07, 6.45) is 3.09. The van der Waals surface area contributed by atoms with Crippen LogP contribution in [0, 0.1) is 0 Å². The van der Waals surface area contributed by atoms with Crippen molar-refractivity contribution >= 4 is 11.6 Å². The zero-order chi connectivity index (χ0) is 25.8. The molecule has 0 fully saturated rings. The lowest BCUT2D eigenvalue weighted by atomic mass is 10.1. The number of carbonyl (C=O) groups is 1. The largest absolute Gasteiger partial charge is 0.384 e. The molecule has 2 heterocycles.